The van der Waals surface area contributed by atoms with Crippen LogP contribution in [0.4, 0.5) is 17.1 Å². The normalized spacial score (nSPS) is 25.0. The molecule has 8 rings (SSSR count). The minimum Gasteiger partial charge on any atom is -0.390 e. The Morgan fingerprint density at radius 3 is 2.24 bits per heavy atom. The lowest BCUT2D eigenvalue weighted by molar-refractivity contribution is -0.146. The topological polar surface area (TPSA) is 141 Å². The van der Waals surface area contributed by atoms with Gasteiger partial charge in [0, 0.05) is 61.2 Å². The number of carbonyl (C=O) groups is 3. The first-order valence-electron chi connectivity index (χ1n) is 17.6. The fourth-order valence-corrected chi connectivity index (χ4v) is 8.41. The molecule has 3 aromatic carbocycles. The third-order valence-electron chi connectivity index (χ3n) is 11.2. The molecule has 12 heteroatoms. The van der Waals surface area contributed by atoms with Gasteiger partial charge in [0.15, 0.2) is 5.60 Å². The van der Waals surface area contributed by atoms with E-state index in [9.17, 15) is 24.6 Å². The van der Waals surface area contributed by atoms with E-state index in [1.807, 2.05) is 79.7 Å². The lowest BCUT2D eigenvalue weighted by Crippen LogP contribution is -2.46. The average molecular weight is 691 g/mol. The molecule has 0 aliphatic carbocycles. The zero-order valence-electron chi connectivity index (χ0n) is 29.0. The Morgan fingerprint density at radius 1 is 0.941 bits per heavy atom. The lowest BCUT2D eigenvalue weighted by atomic mass is 9.70. The van der Waals surface area contributed by atoms with Gasteiger partial charge in [0.25, 0.3) is 5.91 Å². The predicted molar refractivity (Wildman–Crippen MR) is 189 cm³/mol. The van der Waals surface area contributed by atoms with Gasteiger partial charge in [0.1, 0.15) is 11.8 Å². The van der Waals surface area contributed by atoms with Crippen LogP contribution in [0.5, 0.6) is 0 Å². The van der Waals surface area contributed by atoms with Gasteiger partial charge in [-0.25, -0.2) is 0 Å². The highest BCUT2D eigenvalue weighted by atomic mass is 16.5. The third-order valence-corrected chi connectivity index (χ3v) is 11.2. The number of amides is 3. The van der Waals surface area contributed by atoms with Gasteiger partial charge >= 0.3 is 0 Å². The minimum absolute atomic E-state index is 0.0307. The molecule has 264 valence electrons. The molecule has 3 amide bonds. The quantitative estimate of drug-likeness (QED) is 0.237. The summed E-state index contributed by atoms with van der Waals surface area (Å²) >= 11 is 0. The first kappa shape index (κ1) is 33.2. The van der Waals surface area contributed by atoms with Crippen LogP contribution in [0.25, 0.3) is 0 Å². The van der Waals surface area contributed by atoms with Crippen LogP contribution in [0.15, 0.2) is 79.0 Å². The predicted octanol–water partition coefficient (Wildman–Crippen LogP) is 4.09. The highest BCUT2D eigenvalue weighted by Crippen LogP contribution is 2.58. The Hall–Kier alpha value is -4.91. The average Bonchev–Trinajstić information content (AvgIpc) is 3.77. The summed E-state index contributed by atoms with van der Waals surface area (Å²) in [7, 11) is 0. The van der Waals surface area contributed by atoms with Gasteiger partial charge in [0.2, 0.25) is 11.8 Å². The number of aryl methyl sites for hydroxylation is 1. The van der Waals surface area contributed by atoms with Crippen LogP contribution in [-0.4, -0.2) is 67.7 Å². The van der Waals surface area contributed by atoms with Crippen LogP contribution in [0.2, 0.25) is 0 Å². The van der Waals surface area contributed by atoms with Crippen LogP contribution in [0.1, 0.15) is 68.5 Å². The molecule has 4 aliphatic rings. The molecule has 4 aliphatic heterocycles. The number of aliphatic hydroxyl groups is 2. The first-order chi connectivity index (χ1) is 24.5. The molecule has 1 spiro atoms. The monoisotopic (exact) mass is 690 g/mol. The van der Waals surface area contributed by atoms with Gasteiger partial charge in [-0.1, -0.05) is 54.6 Å². The zero-order chi connectivity index (χ0) is 35.7. The molecule has 4 aromatic rings. The Morgan fingerprint density at radius 2 is 1.61 bits per heavy atom. The lowest BCUT2D eigenvalue weighted by Gasteiger charge is -2.34. The Bertz CT molecular complexity index is 1990. The smallest absolute Gasteiger partial charge is 0.264 e. The molecule has 3 saturated heterocycles. The van der Waals surface area contributed by atoms with Crippen molar-refractivity contribution in [3.05, 3.63) is 101 Å². The van der Waals surface area contributed by atoms with Crippen LogP contribution in [0.3, 0.4) is 0 Å². The van der Waals surface area contributed by atoms with Gasteiger partial charge in [-0.05, 0) is 61.7 Å². The third kappa shape index (κ3) is 5.53. The summed E-state index contributed by atoms with van der Waals surface area (Å²) in [5.74, 6) is -0.961. The number of β-lactam (4-membered cyclic amide) rings is 2. The van der Waals surface area contributed by atoms with Crippen molar-refractivity contribution in [1.29, 1.82) is 0 Å². The number of rotatable bonds is 10. The van der Waals surface area contributed by atoms with E-state index < -0.39 is 35.2 Å². The van der Waals surface area contributed by atoms with Crippen LogP contribution < -0.4 is 14.7 Å². The number of nitrogens with zero attached hydrogens (tertiary/aromatic N) is 6. The molecule has 2 N–H and O–H groups in total. The fourth-order valence-electron chi connectivity index (χ4n) is 8.41. The van der Waals surface area contributed by atoms with E-state index in [2.05, 4.69) is 10.3 Å². The molecule has 0 saturated carbocycles. The maximum absolute atomic E-state index is 14.9. The highest BCUT2D eigenvalue weighted by molar-refractivity contribution is 6.09. The van der Waals surface area contributed by atoms with Crippen molar-refractivity contribution < 1.29 is 29.3 Å². The second-order valence-electron chi connectivity index (χ2n) is 14.7. The van der Waals surface area contributed by atoms with E-state index in [4.69, 9.17) is 4.74 Å². The molecule has 5 atom stereocenters. The van der Waals surface area contributed by atoms with E-state index in [-0.39, 0.29) is 24.3 Å². The molecular weight excluding hydrogens is 648 g/mol. The highest BCUT2D eigenvalue weighted by Gasteiger charge is 2.65. The standard InChI is InChI=1S/C39H42N6O6/c1-24-35(38(2,3)50)32(15-18-42-23-30(40-41-42)36(48)26-7-5-4-6-8-26)51-39(24)29-21-28(44-20-17-34(44)47)13-14-31(29)45(37(39)49)22-25-9-11-27(12-10-25)43-19-16-33(43)46/h4-14,21,23-24,32,35-36,48,50H,15-20,22H2,1-3H3/t24-,32+,35-,36-,39+/m1/s1. The summed E-state index contributed by atoms with van der Waals surface area (Å²) in [5, 5.41) is 31.0. The van der Waals surface area contributed by atoms with Crippen molar-refractivity contribution in [1.82, 2.24) is 15.0 Å². The van der Waals surface area contributed by atoms with Gasteiger partial charge in [-0.3, -0.25) is 19.1 Å². The molecule has 0 radical (unpaired) electrons. The fraction of sp³-hybridized carbons (Fsp3) is 0.410. The van der Waals surface area contributed by atoms with E-state index in [0.717, 1.165) is 11.3 Å². The summed E-state index contributed by atoms with van der Waals surface area (Å²) < 4.78 is 8.66. The largest absolute Gasteiger partial charge is 0.390 e. The van der Waals surface area contributed by atoms with Crippen LogP contribution in [0, 0.1) is 11.8 Å². The summed E-state index contributed by atoms with van der Waals surface area (Å²) in [6.45, 7) is 7.45. The molecule has 1 aromatic heterocycles. The Kier molecular flexibility index (Phi) is 8.08. The maximum atomic E-state index is 14.9. The number of carbonyl (C=O) groups excluding carboxylic acids is 3. The van der Waals surface area contributed by atoms with Gasteiger partial charge in [-0.15, -0.1) is 5.10 Å². The Balaban J connectivity index is 1.10. The second kappa shape index (κ2) is 12.4. The van der Waals surface area contributed by atoms with Crippen molar-refractivity contribution in [2.75, 3.05) is 27.8 Å². The van der Waals surface area contributed by atoms with Crippen molar-refractivity contribution in [3.63, 3.8) is 0 Å². The van der Waals surface area contributed by atoms with E-state index in [1.165, 1.54) is 0 Å². The summed E-state index contributed by atoms with van der Waals surface area (Å²) in [5.41, 5.74) is 2.36. The van der Waals surface area contributed by atoms with E-state index in [1.54, 1.807) is 39.4 Å². The van der Waals surface area contributed by atoms with Crippen molar-refractivity contribution in [3.8, 4) is 0 Å². The summed E-state index contributed by atoms with van der Waals surface area (Å²) in [4.78, 5) is 44.7. The molecular formula is C39H42N6O6. The number of aromatic nitrogens is 3. The van der Waals surface area contributed by atoms with Crippen molar-refractivity contribution in [2.45, 2.75) is 76.5 Å². The maximum Gasteiger partial charge on any atom is 0.264 e. The van der Waals surface area contributed by atoms with Crippen molar-refractivity contribution >= 4 is 34.8 Å². The molecule has 51 heavy (non-hydrogen) atoms. The Labute approximate surface area is 296 Å². The molecule has 0 unspecified atom stereocenters. The first-order valence-corrected chi connectivity index (χ1v) is 17.6. The van der Waals surface area contributed by atoms with Crippen LogP contribution in [-0.2, 0) is 37.8 Å². The number of hydrogen-bond acceptors (Lipinski definition) is 8. The zero-order valence-corrected chi connectivity index (χ0v) is 29.0. The minimum atomic E-state index is -1.41. The number of anilines is 3. The van der Waals surface area contributed by atoms with Gasteiger partial charge in [0.05, 0.1) is 30.1 Å². The number of benzene rings is 3. The second-order valence-corrected chi connectivity index (χ2v) is 14.7. The summed E-state index contributed by atoms with van der Waals surface area (Å²) in [6, 6.07) is 22.6. The van der Waals surface area contributed by atoms with E-state index >= 15 is 0 Å². The van der Waals surface area contributed by atoms with E-state index in [0.29, 0.717) is 67.1 Å². The number of hydrogen-bond donors (Lipinski definition) is 2. The van der Waals surface area contributed by atoms with Crippen molar-refractivity contribution in [2.24, 2.45) is 11.8 Å². The number of ether oxygens (including phenoxy) is 1. The van der Waals surface area contributed by atoms with Gasteiger partial charge in [-0.2, -0.15) is 0 Å². The number of fused-ring (bicyclic) bond motifs is 2. The summed E-state index contributed by atoms with van der Waals surface area (Å²) in [6.07, 6.45) is 1.71. The number of aliphatic hydroxyl groups excluding tert-OH is 1. The molecule has 5 heterocycles. The molecule has 0 bridgehead atoms. The van der Waals surface area contributed by atoms with Gasteiger partial charge < -0.3 is 29.6 Å². The molecule has 12 nitrogen and oxygen atoms in total. The SMILES string of the molecule is C[C@@H]1[C@@H](C(C)(C)O)[C@H](CCn2cc([C@H](O)c3ccccc3)nn2)O[C@@]12C(=O)N(Cc1ccc(N3CCC3=O)cc1)c1ccc(N3CCC3=O)cc12. The van der Waals surface area contributed by atoms with Crippen LogP contribution >= 0.6 is 0 Å². The molecule has 3 fully saturated rings.